The minimum Gasteiger partial charge on any atom is -0.389 e. The fraction of sp³-hybridized carbons (Fsp3) is 0.385. The van der Waals surface area contributed by atoms with Crippen molar-refractivity contribution in [2.45, 2.75) is 45.4 Å². The SMILES string of the molecule is Cc1cccc(CC2C=C3C[C@@](C(=O)CO)(c4cccc(C)c4C)CC3=NC2)c1. The molecule has 1 heterocycles. The molecule has 0 radical (unpaired) electrons. The van der Waals surface area contributed by atoms with Crippen molar-refractivity contribution < 1.29 is 9.90 Å². The lowest BCUT2D eigenvalue weighted by Gasteiger charge is -2.29. The predicted molar refractivity (Wildman–Crippen MR) is 118 cm³/mol. The summed E-state index contributed by atoms with van der Waals surface area (Å²) in [6.45, 7) is 6.61. The van der Waals surface area contributed by atoms with Gasteiger partial charge in [0.2, 0.25) is 0 Å². The number of dihydropyridines is 1. The first-order valence-corrected chi connectivity index (χ1v) is 10.4. The summed E-state index contributed by atoms with van der Waals surface area (Å²) in [7, 11) is 0. The molecule has 1 unspecified atom stereocenters. The highest BCUT2D eigenvalue weighted by atomic mass is 16.3. The third-order valence-electron chi connectivity index (χ3n) is 6.66. The first kappa shape index (κ1) is 19.8. The highest BCUT2D eigenvalue weighted by Crippen LogP contribution is 2.46. The van der Waals surface area contributed by atoms with Crippen LogP contribution in [-0.2, 0) is 16.6 Å². The van der Waals surface area contributed by atoms with Crippen molar-refractivity contribution in [3.8, 4) is 0 Å². The van der Waals surface area contributed by atoms with E-state index < -0.39 is 12.0 Å². The Bertz CT molecular complexity index is 1020. The highest BCUT2D eigenvalue weighted by molar-refractivity contribution is 6.10. The number of carbonyl (C=O) groups excluding carboxylic acids is 1. The van der Waals surface area contributed by atoms with Crippen LogP contribution in [0.2, 0.25) is 0 Å². The molecule has 2 aromatic rings. The number of aliphatic imine (C=N–C) groups is 1. The lowest BCUT2D eigenvalue weighted by molar-refractivity contribution is -0.127. The van der Waals surface area contributed by atoms with Gasteiger partial charge < -0.3 is 5.11 Å². The topological polar surface area (TPSA) is 49.7 Å². The number of rotatable bonds is 5. The third kappa shape index (κ3) is 3.60. The second-order valence-corrected chi connectivity index (χ2v) is 8.70. The van der Waals surface area contributed by atoms with Gasteiger partial charge in [0.1, 0.15) is 6.61 Å². The van der Waals surface area contributed by atoms with Crippen molar-refractivity contribution in [1.82, 2.24) is 0 Å². The predicted octanol–water partition coefficient (Wildman–Crippen LogP) is 4.44. The standard InChI is InChI=1S/C26H29NO2/c1-17-6-4-8-20(10-17)11-21-12-22-13-26(25(29)16-28,14-24(22)27-15-21)23-9-5-7-18(2)19(23)3/h4-10,12,21,28H,11,13-16H2,1-3H3/t21?,26-/m0/s1. The summed E-state index contributed by atoms with van der Waals surface area (Å²) in [6.07, 6.45) is 4.54. The number of benzene rings is 2. The smallest absolute Gasteiger partial charge is 0.169 e. The Morgan fingerprint density at radius 2 is 1.93 bits per heavy atom. The van der Waals surface area contributed by atoms with Gasteiger partial charge in [-0.1, -0.05) is 54.1 Å². The second-order valence-electron chi connectivity index (χ2n) is 8.70. The molecule has 3 nitrogen and oxygen atoms in total. The number of carbonyl (C=O) groups is 1. The molecule has 3 heteroatoms. The van der Waals surface area contributed by atoms with Gasteiger partial charge >= 0.3 is 0 Å². The van der Waals surface area contributed by atoms with Crippen LogP contribution in [0.15, 0.2) is 59.1 Å². The lowest BCUT2D eigenvalue weighted by atomic mass is 9.72. The van der Waals surface area contributed by atoms with E-state index in [-0.39, 0.29) is 5.78 Å². The van der Waals surface area contributed by atoms with Crippen LogP contribution in [-0.4, -0.2) is 29.8 Å². The zero-order valence-electron chi connectivity index (χ0n) is 17.5. The molecule has 1 aliphatic heterocycles. The number of aliphatic hydroxyl groups is 1. The van der Waals surface area contributed by atoms with Crippen LogP contribution in [0, 0.1) is 26.7 Å². The summed E-state index contributed by atoms with van der Waals surface area (Å²) in [6, 6.07) is 14.8. The molecule has 4 rings (SSSR count). The molecule has 0 spiro atoms. The monoisotopic (exact) mass is 387 g/mol. The van der Waals surface area contributed by atoms with Gasteiger partial charge in [0.15, 0.2) is 5.78 Å². The summed E-state index contributed by atoms with van der Waals surface area (Å²) in [5.74, 6) is 0.258. The number of nitrogens with zero attached hydrogens (tertiary/aromatic N) is 1. The molecule has 2 aromatic carbocycles. The Hall–Kier alpha value is -2.52. The molecule has 1 aliphatic carbocycles. The van der Waals surface area contributed by atoms with Crippen molar-refractivity contribution in [1.29, 1.82) is 0 Å². The van der Waals surface area contributed by atoms with Crippen LogP contribution in [0.4, 0.5) is 0 Å². The molecule has 29 heavy (non-hydrogen) atoms. The number of aliphatic hydroxyl groups excluding tert-OH is 1. The van der Waals surface area contributed by atoms with Gasteiger partial charge in [-0.2, -0.15) is 0 Å². The van der Waals surface area contributed by atoms with E-state index >= 15 is 0 Å². The molecule has 2 atom stereocenters. The Labute approximate surface area is 173 Å². The zero-order chi connectivity index (χ0) is 20.6. The number of hydrogen-bond acceptors (Lipinski definition) is 3. The van der Waals surface area contributed by atoms with E-state index in [0.29, 0.717) is 18.8 Å². The summed E-state index contributed by atoms with van der Waals surface area (Å²) in [5, 5.41) is 9.78. The Morgan fingerprint density at radius 3 is 2.69 bits per heavy atom. The lowest BCUT2D eigenvalue weighted by Crippen LogP contribution is -2.36. The maximum Gasteiger partial charge on any atom is 0.169 e. The molecule has 0 saturated heterocycles. The van der Waals surface area contributed by atoms with E-state index in [4.69, 9.17) is 4.99 Å². The van der Waals surface area contributed by atoms with Crippen molar-refractivity contribution in [3.05, 3.63) is 81.9 Å². The van der Waals surface area contributed by atoms with E-state index in [1.165, 1.54) is 22.3 Å². The number of allylic oxidation sites excluding steroid dienone is 1. The number of Topliss-reactive ketones (excluding diaryl/α,β-unsaturated/α-hetero) is 1. The highest BCUT2D eigenvalue weighted by Gasteiger charge is 2.48. The molecular formula is C26H29NO2. The first-order valence-electron chi connectivity index (χ1n) is 10.4. The summed E-state index contributed by atoms with van der Waals surface area (Å²) in [5.41, 5.74) is 7.53. The summed E-state index contributed by atoms with van der Waals surface area (Å²) >= 11 is 0. The maximum atomic E-state index is 13.0. The van der Waals surface area contributed by atoms with Crippen molar-refractivity contribution in [3.63, 3.8) is 0 Å². The molecule has 150 valence electrons. The first-order chi connectivity index (χ1) is 13.9. The van der Waals surface area contributed by atoms with Crippen LogP contribution in [0.1, 0.15) is 40.7 Å². The summed E-state index contributed by atoms with van der Waals surface area (Å²) in [4.78, 5) is 17.9. The molecule has 0 aromatic heterocycles. The fourth-order valence-corrected chi connectivity index (χ4v) is 4.99. The Kier molecular flexibility index (Phi) is 5.26. The van der Waals surface area contributed by atoms with Crippen LogP contribution in [0.5, 0.6) is 0 Å². The van der Waals surface area contributed by atoms with Gasteiger partial charge in [-0.05, 0) is 61.4 Å². The minimum absolute atomic E-state index is 0.0977. The molecular weight excluding hydrogens is 358 g/mol. The van der Waals surface area contributed by atoms with E-state index in [0.717, 1.165) is 29.8 Å². The van der Waals surface area contributed by atoms with Gasteiger partial charge in [-0.3, -0.25) is 9.79 Å². The normalized spacial score (nSPS) is 23.4. The Balaban J connectivity index is 1.67. The van der Waals surface area contributed by atoms with Crippen molar-refractivity contribution >= 4 is 11.5 Å². The van der Waals surface area contributed by atoms with Crippen LogP contribution in [0.25, 0.3) is 0 Å². The minimum atomic E-state index is -0.687. The van der Waals surface area contributed by atoms with Gasteiger partial charge in [-0.25, -0.2) is 0 Å². The average Bonchev–Trinajstić information content (AvgIpc) is 3.09. The molecule has 1 N–H and O–H groups in total. The van der Waals surface area contributed by atoms with Crippen LogP contribution < -0.4 is 0 Å². The second kappa shape index (κ2) is 7.72. The van der Waals surface area contributed by atoms with E-state index in [9.17, 15) is 9.90 Å². The molecule has 0 bridgehead atoms. The fourth-order valence-electron chi connectivity index (χ4n) is 4.99. The van der Waals surface area contributed by atoms with E-state index in [2.05, 4.69) is 63.2 Å². The molecule has 2 aliphatic rings. The quantitative estimate of drug-likeness (QED) is 0.824. The van der Waals surface area contributed by atoms with Crippen molar-refractivity contribution in [2.24, 2.45) is 10.9 Å². The summed E-state index contributed by atoms with van der Waals surface area (Å²) < 4.78 is 0. The van der Waals surface area contributed by atoms with E-state index in [1.54, 1.807) is 0 Å². The van der Waals surface area contributed by atoms with Gasteiger partial charge in [0.25, 0.3) is 0 Å². The molecule has 1 saturated carbocycles. The van der Waals surface area contributed by atoms with Crippen molar-refractivity contribution in [2.75, 3.05) is 13.2 Å². The van der Waals surface area contributed by atoms with Gasteiger partial charge in [0, 0.05) is 24.6 Å². The number of hydrogen-bond donors (Lipinski definition) is 1. The number of ketones is 1. The van der Waals surface area contributed by atoms with E-state index in [1.807, 2.05) is 6.07 Å². The Morgan fingerprint density at radius 1 is 1.14 bits per heavy atom. The zero-order valence-corrected chi connectivity index (χ0v) is 17.5. The average molecular weight is 388 g/mol. The van der Waals surface area contributed by atoms with Gasteiger partial charge in [-0.15, -0.1) is 0 Å². The van der Waals surface area contributed by atoms with Gasteiger partial charge in [0.05, 0.1) is 5.41 Å². The number of fused-ring (bicyclic) bond motifs is 1. The van der Waals surface area contributed by atoms with Crippen LogP contribution >= 0.6 is 0 Å². The largest absolute Gasteiger partial charge is 0.389 e. The number of aryl methyl sites for hydroxylation is 2. The maximum absolute atomic E-state index is 13.0. The molecule has 0 amide bonds. The molecule has 1 fully saturated rings. The van der Waals surface area contributed by atoms with Crippen LogP contribution in [0.3, 0.4) is 0 Å². The third-order valence-corrected chi connectivity index (χ3v) is 6.66.